The topological polar surface area (TPSA) is 104 Å². The van der Waals surface area contributed by atoms with Crippen molar-refractivity contribution in [2.75, 3.05) is 16.4 Å². The predicted molar refractivity (Wildman–Crippen MR) is 92.0 cm³/mol. The average molecular weight is 386 g/mol. The summed E-state index contributed by atoms with van der Waals surface area (Å²) in [5.41, 5.74) is 0.545. The Morgan fingerprint density at radius 2 is 1.92 bits per heavy atom. The largest absolute Gasteiger partial charge is 0.481 e. The van der Waals surface area contributed by atoms with Gasteiger partial charge in [-0.1, -0.05) is 11.8 Å². The van der Waals surface area contributed by atoms with E-state index in [9.17, 15) is 22.4 Å². The van der Waals surface area contributed by atoms with E-state index < -0.39 is 27.5 Å². The molecule has 0 bridgehead atoms. The molecule has 0 aromatic heterocycles. The third kappa shape index (κ3) is 4.01. The molecule has 1 aromatic carbocycles. The summed E-state index contributed by atoms with van der Waals surface area (Å²) >= 11 is 1.19. The van der Waals surface area contributed by atoms with Crippen LogP contribution in [0.3, 0.4) is 0 Å². The molecule has 134 valence electrons. The fourth-order valence-electron chi connectivity index (χ4n) is 2.84. The summed E-state index contributed by atoms with van der Waals surface area (Å²) in [5.74, 6) is -2.18. The van der Waals surface area contributed by atoms with E-state index in [1.54, 1.807) is 4.90 Å². The number of carboxylic acid groups (broad SMARTS) is 1. The maximum absolute atomic E-state index is 13.2. The van der Waals surface area contributed by atoms with Crippen molar-refractivity contribution >= 4 is 44.3 Å². The number of fused-ring (bicyclic) bond motifs is 1. The molecular formula is C15H15FN2O5S2. The van der Waals surface area contributed by atoms with Gasteiger partial charge in [-0.3, -0.25) is 9.59 Å². The molecule has 3 rings (SSSR count). The molecular weight excluding hydrogens is 371 g/mol. The molecule has 1 N–H and O–H groups in total. The van der Waals surface area contributed by atoms with Crippen molar-refractivity contribution in [3.63, 3.8) is 0 Å². The Hall–Kier alpha value is -1.94. The van der Waals surface area contributed by atoms with Gasteiger partial charge in [0.15, 0.2) is 15.0 Å². The Morgan fingerprint density at radius 3 is 2.56 bits per heavy atom. The number of aliphatic carboxylic acids is 1. The number of carbonyl (C=O) groups is 2. The van der Waals surface area contributed by atoms with E-state index in [0.29, 0.717) is 10.9 Å². The number of hydrogen-bond acceptors (Lipinski definition) is 5. The van der Waals surface area contributed by atoms with Crippen LogP contribution in [0.5, 0.6) is 0 Å². The number of halogens is 1. The molecule has 1 aromatic rings. The maximum Gasteiger partial charge on any atom is 0.303 e. The summed E-state index contributed by atoms with van der Waals surface area (Å²) in [4.78, 5) is 28.1. The van der Waals surface area contributed by atoms with Gasteiger partial charge < -0.3 is 10.0 Å². The highest BCUT2D eigenvalue weighted by atomic mass is 32.2. The number of amidine groups is 1. The van der Waals surface area contributed by atoms with Crippen molar-refractivity contribution in [1.82, 2.24) is 0 Å². The van der Waals surface area contributed by atoms with Gasteiger partial charge in [0.1, 0.15) is 5.82 Å². The molecule has 2 atom stereocenters. The first-order chi connectivity index (χ1) is 11.7. The van der Waals surface area contributed by atoms with Crippen molar-refractivity contribution in [1.29, 1.82) is 0 Å². The molecule has 2 aliphatic rings. The van der Waals surface area contributed by atoms with Crippen LogP contribution < -0.4 is 4.90 Å². The molecule has 2 unspecified atom stereocenters. The maximum atomic E-state index is 13.2. The standard InChI is InChI=1S/C15H15FN2O5S2/c16-9-1-3-10(4-2-9)18-11-7-25(22,23)8-12(11)24-15(18)17-13(19)5-6-14(20)21/h1-4,11-12H,5-8H2,(H,20,21). The van der Waals surface area contributed by atoms with Crippen molar-refractivity contribution in [3.05, 3.63) is 30.1 Å². The van der Waals surface area contributed by atoms with E-state index in [0.717, 1.165) is 0 Å². The molecule has 7 nitrogen and oxygen atoms in total. The van der Waals surface area contributed by atoms with Crippen molar-refractivity contribution < 1.29 is 27.5 Å². The van der Waals surface area contributed by atoms with Crippen LogP contribution in [-0.2, 0) is 19.4 Å². The zero-order chi connectivity index (χ0) is 18.2. The van der Waals surface area contributed by atoms with E-state index in [1.807, 2.05) is 0 Å². The summed E-state index contributed by atoms with van der Waals surface area (Å²) < 4.78 is 37.0. The van der Waals surface area contributed by atoms with Crippen LogP contribution >= 0.6 is 11.8 Å². The SMILES string of the molecule is O=C(O)CCC(=O)N=C1SC2CS(=O)(=O)CC2N1c1ccc(F)cc1. The lowest BCUT2D eigenvalue weighted by atomic mass is 10.2. The van der Waals surface area contributed by atoms with Crippen molar-refractivity contribution in [2.24, 2.45) is 4.99 Å². The Balaban J connectivity index is 1.90. The van der Waals surface area contributed by atoms with Crippen LogP contribution in [0.2, 0.25) is 0 Å². The van der Waals surface area contributed by atoms with Crippen LogP contribution in [-0.4, -0.2) is 53.4 Å². The summed E-state index contributed by atoms with van der Waals surface area (Å²) in [6, 6.07) is 5.12. The number of amides is 1. The van der Waals surface area contributed by atoms with Gasteiger partial charge >= 0.3 is 5.97 Å². The highest BCUT2D eigenvalue weighted by molar-refractivity contribution is 8.16. The van der Waals surface area contributed by atoms with Gasteiger partial charge in [-0.05, 0) is 24.3 Å². The molecule has 25 heavy (non-hydrogen) atoms. The highest BCUT2D eigenvalue weighted by Crippen LogP contribution is 2.41. The summed E-state index contributed by atoms with van der Waals surface area (Å²) in [6.45, 7) is 0. The second kappa shape index (κ2) is 6.75. The summed E-state index contributed by atoms with van der Waals surface area (Å²) in [7, 11) is -3.18. The van der Waals surface area contributed by atoms with E-state index in [4.69, 9.17) is 5.11 Å². The Bertz CT molecular complexity index is 838. The monoisotopic (exact) mass is 386 g/mol. The number of rotatable bonds is 4. The number of aliphatic imine (C=N–C) groups is 1. The van der Waals surface area contributed by atoms with E-state index >= 15 is 0 Å². The van der Waals surface area contributed by atoms with Gasteiger partial charge in [0, 0.05) is 17.4 Å². The van der Waals surface area contributed by atoms with E-state index in [1.165, 1.54) is 36.0 Å². The number of hydrogen-bond donors (Lipinski definition) is 1. The van der Waals surface area contributed by atoms with Gasteiger partial charge in [-0.2, -0.15) is 4.99 Å². The lowest BCUT2D eigenvalue weighted by molar-refractivity contribution is -0.138. The van der Waals surface area contributed by atoms with Gasteiger partial charge in [0.25, 0.3) is 0 Å². The fourth-order valence-corrected chi connectivity index (χ4v) is 6.78. The van der Waals surface area contributed by atoms with Crippen LogP contribution in [0.15, 0.2) is 29.3 Å². The second-order valence-electron chi connectivity index (χ2n) is 5.83. The minimum atomic E-state index is -3.18. The Labute approximate surface area is 147 Å². The molecule has 2 heterocycles. The number of thioether (sulfide) groups is 1. The van der Waals surface area contributed by atoms with Crippen LogP contribution in [0.1, 0.15) is 12.8 Å². The average Bonchev–Trinajstić information content (AvgIpc) is 2.97. The summed E-state index contributed by atoms with van der Waals surface area (Å²) in [5, 5.41) is 8.71. The summed E-state index contributed by atoms with van der Waals surface area (Å²) in [6.07, 6.45) is -0.553. The zero-order valence-corrected chi connectivity index (χ0v) is 14.6. The number of benzene rings is 1. The third-order valence-electron chi connectivity index (χ3n) is 3.94. The van der Waals surface area contributed by atoms with E-state index in [-0.39, 0.29) is 35.6 Å². The van der Waals surface area contributed by atoms with Gasteiger partial charge in [0.2, 0.25) is 5.91 Å². The molecule has 1 amide bonds. The van der Waals surface area contributed by atoms with Crippen molar-refractivity contribution in [2.45, 2.75) is 24.1 Å². The Morgan fingerprint density at radius 1 is 1.24 bits per heavy atom. The quantitative estimate of drug-likeness (QED) is 0.831. The van der Waals surface area contributed by atoms with Crippen LogP contribution in [0, 0.1) is 5.82 Å². The number of carboxylic acids is 1. The molecule has 0 spiro atoms. The van der Waals surface area contributed by atoms with Crippen LogP contribution in [0.4, 0.5) is 10.1 Å². The van der Waals surface area contributed by atoms with Gasteiger partial charge in [-0.15, -0.1) is 0 Å². The molecule has 0 saturated carbocycles. The molecule has 10 heteroatoms. The van der Waals surface area contributed by atoms with Gasteiger partial charge in [-0.25, -0.2) is 12.8 Å². The first kappa shape index (κ1) is 17.9. The molecule has 2 fully saturated rings. The molecule has 0 radical (unpaired) electrons. The zero-order valence-electron chi connectivity index (χ0n) is 13.0. The minimum absolute atomic E-state index is 0.0115. The predicted octanol–water partition coefficient (Wildman–Crippen LogP) is 1.29. The molecule has 0 aliphatic carbocycles. The van der Waals surface area contributed by atoms with Crippen molar-refractivity contribution in [3.8, 4) is 0 Å². The lowest BCUT2D eigenvalue weighted by Crippen LogP contribution is -2.37. The number of carbonyl (C=O) groups excluding carboxylic acids is 1. The normalized spacial score (nSPS) is 26.0. The third-order valence-corrected chi connectivity index (χ3v) is 7.15. The molecule has 2 aliphatic heterocycles. The van der Waals surface area contributed by atoms with Gasteiger partial charge in [0.05, 0.1) is 24.0 Å². The highest BCUT2D eigenvalue weighted by Gasteiger charge is 2.49. The smallest absolute Gasteiger partial charge is 0.303 e. The Kier molecular flexibility index (Phi) is 4.83. The minimum Gasteiger partial charge on any atom is -0.481 e. The fraction of sp³-hybridized carbons (Fsp3) is 0.400. The molecule has 2 saturated heterocycles. The first-order valence-corrected chi connectivity index (χ1v) is 10.2. The number of anilines is 1. The van der Waals surface area contributed by atoms with E-state index in [2.05, 4.69) is 4.99 Å². The first-order valence-electron chi connectivity index (χ1n) is 7.50. The van der Waals surface area contributed by atoms with Crippen LogP contribution in [0.25, 0.3) is 0 Å². The number of sulfone groups is 1. The number of nitrogens with zero attached hydrogens (tertiary/aromatic N) is 2. The second-order valence-corrected chi connectivity index (χ2v) is 9.19. The lowest BCUT2D eigenvalue weighted by Gasteiger charge is -2.24.